The molecule has 0 unspecified atom stereocenters. The molecule has 0 atom stereocenters. The molecule has 0 spiro atoms. The van der Waals surface area contributed by atoms with Gasteiger partial charge in [0.1, 0.15) is 0 Å². The van der Waals surface area contributed by atoms with Crippen molar-refractivity contribution >= 4 is 11.4 Å². The first-order valence-electron chi connectivity index (χ1n) is 6.14. The molecule has 17 heavy (non-hydrogen) atoms. The van der Waals surface area contributed by atoms with Crippen LogP contribution in [0.3, 0.4) is 0 Å². The molecule has 4 nitrogen and oxygen atoms in total. The maximum Gasteiger partial charge on any atom is 0.274 e. The van der Waals surface area contributed by atoms with E-state index in [1.54, 1.807) is 13.0 Å². The Morgan fingerprint density at radius 2 is 2.06 bits per heavy atom. The van der Waals surface area contributed by atoms with Gasteiger partial charge in [-0.25, -0.2) is 0 Å². The van der Waals surface area contributed by atoms with Crippen LogP contribution < -0.4 is 5.32 Å². The summed E-state index contributed by atoms with van der Waals surface area (Å²) in [6.07, 6.45) is 4.78. The second-order valence-electron chi connectivity index (χ2n) is 4.19. The lowest BCUT2D eigenvalue weighted by molar-refractivity contribution is -0.385. The second kappa shape index (κ2) is 6.89. The van der Waals surface area contributed by atoms with Crippen molar-refractivity contribution in [3.05, 3.63) is 33.9 Å². The van der Waals surface area contributed by atoms with E-state index in [1.807, 2.05) is 6.07 Å². The van der Waals surface area contributed by atoms with Gasteiger partial charge in [-0.3, -0.25) is 10.1 Å². The molecule has 0 radical (unpaired) electrons. The fourth-order valence-electron chi connectivity index (χ4n) is 1.79. The number of benzene rings is 1. The van der Waals surface area contributed by atoms with E-state index in [4.69, 9.17) is 0 Å². The van der Waals surface area contributed by atoms with Gasteiger partial charge in [-0.15, -0.1) is 0 Å². The summed E-state index contributed by atoms with van der Waals surface area (Å²) >= 11 is 0. The number of nitrogens with zero attached hydrogens (tertiary/aromatic N) is 1. The molecule has 0 aliphatic rings. The summed E-state index contributed by atoms with van der Waals surface area (Å²) in [6.45, 7) is 4.84. The SMILES string of the molecule is CCCCCCNc1cccc([N+](=O)[O-])c1C. The number of hydrogen-bond acceptors (Lipinski definition) is 3. The fourth-order valence-corrected chi connectivity index (χ4v) is 1.79. The van der Waals surface area contributed by atoms with Gasteiger partial charge in [0.25, 0.3) is 5.69 Å². The van der Waals surface area contributed by atoms with Gasteiger partial charge in [-0.2, -0.15) is 0 Å². The summed E-state index contributed by atoms with van der Waals surface area (Å²) < 4.78 is 0. The highest BCUT2D eigenvalue weighted by Crippen LogP contribution is 2.24. The van der Waals surface area contributed by atoms with Crippen LogP contribution in [-0.2, 0) is 0 Å². The third-order valence-electron chi connectivity index (χ3n) is 2.85. The maximum atomic E-state index is 10.8. The largest absolute Gasteiger partial charge is 0.385 e. The highest BCUT2D eigenvalue weighted by Gasteiger charge is 2.12. The molecular formula is C13H20N2O2. The van der Waals surface area contributed by atoms with Crippen molar-refractivity contribution in [2.75, 3.05) is 11.9 Å². The number of rotatable bonds is 7. The van der Waals surface area contributed by atoms with Gasteiger partial charge in [-0.05, 0) is 19.4 Å². The van der Waals surface area contributed by atoms with Gasteiger partial charge in [-0.1, -0.05) is 32.3 Å². The molecule has 1 rings (SSSR count). The smallest absolute Gasteiger partial charge is 0.274 e. The fraction of sp³-hybridized carbons (Fsp3) is 0.538. The first-order chi connectivity index (χ1) is 8.16. The van der Waals surface area contributed by atoms with Crippen LogP contribution in [0.15, 0.2) is 18.2 Å². The van der Waals surface area contributed by atoms with E-state index in [9.17, 15) is 10.1 Å². The van der Waals surface area contributed by atoms with Crippen LogP contribution in [0.1, 0.15) is 38.2 Å². The minimum Gasteiger partial charge on any atom is -0.385 e. The second-order valence-corrected chi connectivity index (χ2v) is 4.19. The van der Waals surface area contributed by atoms with Crippen molar-refractivity contribution in [2.24, 2.45) is 0 Å². The lowest BCUT2D eigenvalue weighted by Crippen LogP contribution is -2.04. The maximum absolute atomic E-state index is 10.8. The Morgan fingerprint density at radius 3 is 2.71 bits per heavy atom. The quantitative estimate of drug-likeness (QED) is 0.444. The summed E-state index contributed by atoms with van der Waals surface area (Å²) in [5, 5.41) is 14.0. The molecule has 0 aliphatic heterocycles. The normalized spacial score (nSPS) is 10.2. The van der Waals surface area contributed by atoms with Gasteiger partial charge >= 0.3 is 0 Å². The summed E-state index contributed by atoms with van der Waals surface area (Å²) in [5.41, 5.74) is 1.77. The molecule has 94 valence electrons. The molecule has 0 amide bonds. The zero-order chi connectivity index (χ0) is 12.7. The number of nitro benzene ring substituents is 1. The molecule has 0 fully saturated rings. The average molecular weight is 236 g/mol. The van der Waals surface area contributed by atoms with Gasteiger partial charge in [0.15, 0.2) is 0 Å². The van der Waals surface area contributed by atoms with E-state index in [1.165, 1.54) is 25.3 Å². The van der Waals surface area contributed by atoms with Crippen LogP contribution in [0, 0.1) is 17.0 Å². The third-order valence-corrected chi connectivity index (χ3v) is 2.85. The van der Waals surface area contributed by atoms with Gasteiger partial charge in [0, 0.05) is 23.9 Å². The van der Waals surface area contributed by atoms with Crippen LogP contribution in [-0.4, -0.2) is 11.5 Å². The van der Waals surface area contributed by atoms with Crippen molar-refractivity contribution in [3.63, 3.8) is 0 Å². The highest BCUT2D eigenvalue weighted by molar-refractivity contribution is 5.59. The lowest BCUT2D eigenvalue weighted by Gasteiger charge is -2.09. The number of unbranched alkanes of at least 4 members (excludes halogenated alkanes) is 3. The molecule has 0 aromatic heterocycles. The molecule has 1 aromatic rings. The van der Waals surface area contributed by atoms with Crippen molar-refractivity contribution in [2.45, 2.75) is 39.5 Å². The number of nitro groups is 1. The molecule has 0 saturated heterocycles. The van der Waals surface area contributed by atoms with E-state index in [2.05, 4.69) is 12.2 Å². The highest BCUT2D eigenvalue weighted by atomic mass is 16.6. The predicted octanol–water partition coefficient (Wildman–Crippen LogP) is 3.90. The topological polar surface area (TPSA) is 55.2 Å². The Hall–Kier alpha value is -1.58. The van der Waals surface area contributed by atoms with Gasteiger partial charge < -0.3 is 5.32 Å². The summed E-state index contributed by atoms with van der Waals surface area (Å²) in [6, 6.07) is 5.15. The Labute approximate surface area is 102 Å². The van der Waals surface area contributed by atoms with Crippen LogP contribution >= 0.6 is 0 Å². The molecule has 0 heterocycles. The molecule has 4 heteroatoms. The summed E-state index contributed by atoms with van der Waals surface area (Å²) in [4.78, 5) is 10.4. The molecule has 0 saturated carbocycles. The van der Waals surface area contributed by atoms with Crippen LogP contribution in [0.25, 0.3) is 0 Å². The summed E-state index contributed by atoms with van der Waals surface area (Å²) in [5.74, 6) is 0. The van der Waals surface area contributed by atoms with Crippen molar-refractivity contribution in [1.82, 2.24) is 0 Å². The van der Waals surface area contributed by atoms with Crippen LogP contribution in [0.5, 0.6) is 0 Å². The number of nitrogens with one attached hydrogen (secondary N) is 1. The van der Waals surface area contributed by atoms with E-state index in [0.717, 1.165) is 18.7 Å². The van der Waals surface area contributed by atoms with E-state index >= 15 is 0 Å². The molecule has 1 aromatic carbocycles. The molecule has 0 aliphatic carbocycles. The Bertz CT molecular complexity index is 378. The van der Waals surface area contributed by atoms with Crippen LogP contribution in [0.4, 0.5) is 11.4 Å². The zero-order valence-corrected chi connectivity index (χ0v) is 10.5. The Morgan fingerprint density at radius 1 is 1.29 bits per heavy atom. The first-order valence-corrected chi connectivity index (χ1v) is 6.14. The van der Waals surface area contributed by atoms with E-state index in [0.29, 0.717) is 5.56 Å². The van der Waals surface area contributed by atoms with Crippen molar-refractivity contribution in [1.29, 1.82) is 0 Å². The number of anilines is 1. The number of hydrogen-bond donors (Lipinski definition) is 1. The van der Waals surface area contributed by atoms with Gasteiger partial charge in [0.2, 0.25) is 0 Å². The van der Waals surface area contributed by atoms with Crippen molar-refractivity contribution < 1.29 is 4.92 Å². The lowest BCUT2D eigenvalue weighted by atomic mass is 10.1. The monoisotopic (exact) mass is 236 g/mol. The average Bonchev–Trinajstić information content (AvgIpc) is 2.30. The minimum absolute atomic E-state index is 0.184. The molecule has 0 bridgehead atoms. The van der Waals surface area contributed by atoms with Crippen molar-refractivity contribution in [3.8, 4) is 0 Å². The first kappa shape index (κ1) is 13.5. The van der Waals surface area contributed by atoms with E-state index < -0.39 is 0 Å². The zero-order valence-electron chi connectivity index (χ0n) is 10.5. The van der Waals surface area contributed by atoms with Crippen LogP contribution in [0.2, 0.25) is 0 Å². The molecular weight excluding hydrogens is 216 g/mol. The molecule has 1 N–H and O–H groups in total. The van der Waals surface area contributed by atoms with E-state index in [-0.39, 0.29) is 10.6 Å². The Kier molecular flexibility index (Phi) is 5.46. The third kappa shape index (κ3) is 4.06. The Balaban J connectivity index is 2.54. The predicted molar refractivity (Wildman–Crippen MR) is 70.5 cm³/mol. The standard InChI is InChI=1S/C13H20N2O2/c1-3-4-5-6-10-14-12-8-7-9-13(11(12)2)15(16)17/h7-9,14H,3-6,10H2,1-2H3. The minimum atomic E-state index is -0.336. The van der Waals surface area contributed by atoms with Gasteiger partial charge in [0.05, 0.1) is 4.92 Å². The summed E-state index contributed by atoms with van der Waals surface area (Å²) in [7, 11) is 0.